The molecule has 0 spiro atoms. The Labute approximate surface area is 233 Å². The number of nitrogens with two attached hydrogens (primary N) is 2. The van der Waals surface area contributed by atoms with Gasteiger partial charge in [-0.1, -0.05) is 36.9 Å². The van der Waals surface area contributed by atoms with E-state index in [4.69, 9.17) is 37.6 Å². The summed E-state index contributed by atoms with van der Waals surface area (Å²) < 4.78 is 13.7. The number of aromatic nitrogens is 4. The van der Waals surface area contributed by atoms with Gasteiger partial charge in [-0.05, 0) is 49.7 Å². The Morgan fingerprint density at radius 3 is 2.69 bits per heavy atom. The van der Waals surface area contributed by atoms with E-state index in [1.807, 2.05) is 29.9 Å². The molecule has 0 aliphatic heterocycles. The summed E-state index contributed by atoms with van der Waals surface area (Å²) in [5.74, 6) is 1.41. The summed E-state index contributed by atoms with van der Waals surface area (Å²) in [6, 6.07) is 5.88. The number of anilines is 2. The molecule has 1 aromatic carbocycles. The number of halogens is 1. The predicted octanol–water partition coefficient (Wildman–Crippen LogP) is 4.88. The third-order valence-corrected chi connectivity index (χ3v) is 6.50. The molecular weight excluding hydrogens is 518 g/mol. The number of allylic oxidation sites excluding steroid dienone is 1. The summed E-state index contributed by atoms with van der Waals surface area (Å²) in [5.41, 5.74) is 13.0. The monoisotopic (exact) mass is 551 g/mol. The van der Waals surface area contributed by atoms with Gasteiger partial charge in [0.15, 0.2) is 6.73 Å². The van der Waals surface area contributed by atoms with Gasteiger partial charge in [0.25, 0.3) is 5.88 Å². The summed E-state index contributed by atoms with van der Waals surface area (Å²) in [6.45, 7) is 2.44. The van der Waals surface area contributed by atoms with E-state index in [1.54, 1.807) is 30.8 Å². The molecule has 1 saturated carbocycles. The van der Waals surface area contributed by atoms with Crippen LogP contribution in [-0.2, 0) is 0 Å². The molecule has 0 saturated heterocycles. The molecule has 1 aliphatic carbocycles. The maximum atomic E-state index is 6.34. The van der Waals surface area contributed by atoms with Crippen LogP contribution in [0.15, 0.2) is 59.1 Å². The second-order valence-electron chi connectivity index (χ2n) is 9.12. The molecule has 0 radical (unpaired) electrons. The number of ether oxygens (including phenoxy) is 2. The second kappa shape index (κ2) is 14.1. The van der Waals surface area contributed by atoms with E-state index in [0.717, 1.165) is 24.0 Å². The standard InChI is InChI=1S/C27H34ClN9O2/c1-19(13-32-17-30)39-25-12-20(8-9-23(25)28)21-14-33-27(34-15-21)35-24-16-37(22-6-3-2-4-7-22)36-26(24)38-18-31-11-5-10-29/h5,8-12,14-17,19,22H,2-4,6-7,13,18,29H2,1H3,(H2,30,32)(H,33,34,35)/b10-5-,31-11+/t19-/m0/s1. The number of benzene rings is 1. The van der Waals surface area contributed by atoms with E-state index in [0.29, 0.717) is 40.9 Å². The molecule has 3 aromatic rings. The molecule has 1 atom stereocenters. The van der Waals surface area contributed by atoms with E-state index in [9.17, 15) is 0 Å². The Bertz CT molecular complexity index is 1280. The van der Waals surface area contributed by atoms with Crippen molar-refractivity contribution in [2.24, 2.45) is 21.5 Å². The average Bonchev–Trinajstić information content (AvgIpc) is 3.36. The van der Waals surface area contributed by atoms with E-state index >= 15 is 0 Å². The van der Waals surface area contributed by atoms with Crippen molar-refractivity contribution in [1.82, 2.24) is 19.7 Å². The zero-order valence-electron chi connectivity index (χ0n) is 21.9. The molecule has 2 aromatic heterocycles. The van der Waals surface area contributed by atoms with Crippen molar-refractivity contribution in [3.05, 3.63) is 54.1 Å². The van der Waals surface area contributed by atoms with Crippen LogP contribution in [0.5, 0.6) is 11.6 Å². The van der Waals surface area contributed by atoms with Gasteiger partial charge < -0.3 is 26.3 Å². The normalized spacial score (nSPS) is 15.3. The summed E-state index contributed by atoms with van der Waals surface area (Å²) in [6.07, 6.45) is 17.0. The number of rotatable bonds is 12. The highest BCUT2D eigenvalue weighted by Gasteiger charge is 2.20. The van der Waals surface area contributed by atoms with Crippen LogP contribution in [0.2, 0.25) is 5.02 Å². The lowest BCUT2D eigenvalue weighted by atomic mass is 9.96. The van der Waals surface area contributed by atoms with Crippen LogP contribution in [0.4, 0.5) is 11.6 Å². The smallest absolute Gasteiger partial charge is 0.258 e. The topological polar surface area (TPSA) is 151 Å². The van der Waals surface area contributed by atoms with Crippen molar-refractivity contribution >= 4 is 35.8 Å². The molecule has 0 unspecified atom stereocenters. The first-order valence-corrected chi connectivity index (χ1v) is 13.3. The van der Waals surface area contributed by atoms with Gasteiger partial charge in [0, 0.05) is 24.2 Å². The first-order valence-electron chi connectivity index (χ1n) is 12.9. The molecule has 39 heavy (non-hydrogen) atoms. The van der Waals surface area contributed by atoms with Gasteiger partial charge in [0.1, 0.15) is 17.5 Å². The number of hydrogen-bond donors (Lipinski definition) is 3. The number of aliphatic imine (C=N–C) groups is 2. The molecule has 1 aliphatic rings. The average molecular weight is 552 g/mol. The molecule has 4 rings (SSSR count). The lowest BCUT2D eigenvalue weighted by Gasteiger charge is -2.21. The SMILES string of the molecule is C[C@@H](CN=CN)Oc1cc(-c2cnc(Nc3cn(C4CCCCC4)nc3OC/N=C/C=C\N)nc2)ccc1Cl. The van der Waals surface area contributed by atoms with Crippen molar-refractivity contribution < 1.29 is 9.47 Å². The fourth-order valence-electron chi connectivity index (χ4n) is 4.25. The van der Waals surface area contributed by atoms with Gasteiger partial charge in [-0.25, -0.2) is 9.97 Å². The minimum absolute atomic E-state index is 0.110. The predicted molar refractivity (Wildman–Crippen MR) is 155 cm³/mol. The van der Waals surface area contributed by atoms with Gasteiger partial charge >= 0.3 is 0 Å². The fourth-order valence-corrected chi connectivity index (χ4v) is 4.41. The number of hydrogen-bond acceptors (Lipinski definition) is 9. The molecule has 206 valence electrons. The molecular formula is C27H34ClN9O2. The Kier molecular flexibility index (Phi) is 10.1. The largest absolute Gasteiger partial charge is 0.487 e. The van der Waals surface area contributed by atoms with Crippen LogP contribution in [0, 0.1) is 0 Å². The van der Waals surface area contributed by atoms with Crippen LogP contribution in [0.3, 0.4) is 0 Å². The van der Waals surface area contributed by atoms with Crippen LogP contribution in [-0.4, -0.2) is 51.7 Å². The van der Waals surface area contributed by atoms with E-state index < -0.39 is 0 Å². The quantitative estimate of drug-likeness (QED) is 0.213. The van der Waals surface area contributed by atoms with E-state index in [-0.39, 0.29) is 12.8 Å². The maximum absolute atomic E-state index is 6.34. The van der Waals surface area contributed by atoms with Crippen molar-refractivity contribution in [3.63, 3.8) is 0 Å². The van der Waals surface area contributed by atoms with Crippen LogP contribution >= 0.6 is 11.6 Å². The molecule has 12 heteroatoms. The lowest BCUT2D eigenvalue weighted by Crippen LogP contribution is -2.16. The van der Waals surface area contributed by atoms with Gasteiger partial charge in [-0.3, -0.25) is 14.7 Å². The first kappa shape index (κ1) is 27.9. The van der Waals surface area contributed by atoms with Gasteiger partial charge in [0.2, 0.25) is 5.95 Å². The summed E-state index contributed by atoms with van der Waals surface area (Å²) in [4.78, 5) is 17.2. The van der Waals surface area contributed by atoms with Crippen LogP contribution in [0.25, 0.3) is 11.1 Å². The van der Waals surface area contributed by atoms with Gasteiger partial charge in [0.05, 0.1) is 30.1 Å². The minimum Gasteiger partial charge on any atom is -0.487 e. The van der Waals surface area contributed by atoms with Crippen molar-refractivity contribution in [2.75, 3.05) is 18.6 Å². The van der Waals surface area contributed by atoms with E-state index in [1.165, 1.54) is 31.8 Å². The van der Waals surface area contributed by atoms with Gasteiger partial charge in [-0.15, -0.1) is 5.10 Å². The van der Waals surface area contributed by atoms with Crippen molar-refractivity contribution in [2.45, 2.75) is 51.2 Å². The number of nitrogens with zero attached hydrogens (tertiary/aromatic N) is 6. The molecule has 11 nitrogen and oxygen atoms in total. The van der Waals surface area contributed by atoms with Gasteiger partial charge in [-0.2, -0.15) is 0 Å². The summed E-state index contributed by atoms with van der Waals surface area (Å²) in [7, 11) is 0. The minimum atomic E-state index is -0.186. The van der Waals surface area contributed by atoms with Crippen molar-refractivity contribution in [1.29, 1.82) is 0 Å². The maximum Gasteiger partial charge on any atom is 0.258 e. The lowest BCUT2D eigenvalue weighted by molar-refractivity contribution is 0.231. The van der Waals surface area contributed by atoms with Crippen molar-refractivity contribution in [3.8, 4) is 22.8 Å². The molecule has 5 N–H and O–H groups in total. The second-order valence-corrected chi connectivity index (χ2v) is 9.53. The Balaban J connectivity index is 1.49. The molecule has 2 heterocycles. The van der Waals surface area contributed by atoms with Crippen LogP contribution < -0.4 is 26.3 Å². The summed E-state index contributed by atoms with van der Waals surface area (Å²) >= 11 is 6.34. The zero-order chi connectivity index (χ0) is 27.5. The third-order valence-electron chi connectivity index (χ3n) is 6.18. The molecule has 1 fully saturated rings. The van der Waals surface area contributed by atoms with Crippen LogP contribution in [0.1, 0.15) is 45.1 Å². The summed E-state index contributed by atoms with van der Waals surface area (Å²) in [5, 5.41) is 8.44. The highest BCUT2D eigenvalue weighted by atomic mass is 35.5. The zero-order valence-corrected chi connectivity index (χ0v) is 22.7. The first-order chi connectivity index (χ1) is 19.1. The molecule has 0 bridgehead atoms. The molecule has 0 amide bonds. The third kappa shape index (κ3) is 7.93. The van der Waals surface area contributed by atoms with E-state index in [2.05, 4.69) is 25.3 Å². The Hall–Kier alpha value is -4.12. The Morgan fingerprint density at radius 2 is 1.95 bits per heavy atom. The fraction of sp³-hybridized carbons (Fsp3) is 0.370. The highest BCUT2D eigenvalue weighted by molar-refractivity contribution is 6.32. The Morgan fingerprint density at radius 1 is 1.15 bits per heavy atom. The number of nitrogens with one attached hydrogen (secondary N) is 1. The highest BCUT2D eigenvalue weighted by Crippen LogP contribution is 2.34.